The molecule has 2 bridgehead atoms. The molecule has 12 heteroatoms. The van der Waals surface area contributed by atoms with E-state index in [1.165, 1.54) is 19.3 Å². The van der Waals surface area contributed by atoms with Crippen molar-refractivity contribution >= 4 is 11.7 Å². The van der Waals surface area contributed by atoms with Crippen molar-refractivity contribution in [2.24, 2.45) is 28.8 Å². The highest BCUT2D eigenvalue weighted by Gasteiger charge is 2.60. The van der Waals surface area contributed by atoms with Gasteiger partial charge in [-0.25, -0.2) is 0 Å². The second-order valence-electron chi connectivity index (χ2n) is 17.0. The third kappa shape index (κ3) is 8.08. The number of esters is 1. The fraction of sp³-hybridized carbons (Fsp3) is 0.721. The average Bonchev–Trinajstić information content (AvgIpc) is 3.50. The molecule has 0 unspecified atom stereocenters. The van der Waals surface area contributed by atoms with E-state index in [1.54, 1.807) is 26.2 Å². The molecule has 12 nitrogen and oxygen atoms in total. The van der Waals surface area contributed by atoms with Gasteiger partial charge in [-0.05, 0) is 68.7 Å². The number of carbonyl (C=O) groups excluding carboxylic acids is 1. The fourth-order valence-electron chi connectivity index (χ4n) is 9.99. The molecule has 3 N–H and O–H groups in total. The zero-order valence-corrected chi connectivity index (χ0v) is 33.2. The van der Waals surface area contributed by atoms with E-state index in [1.807, 2.05) is 32.1 Å². The fourth-order valence-corrected chi connectivity index (χ4v) is 9.99. The number of carbonyl (C=O) groups is 1. The lowest BCUT2D eigenvalue weighted by molar-refractivity contribution is -0.301. The molecule has 0 amide bonds. The van der Waals surface area contributed by atoms with E-state index in [9.17, 15) is 20.2 Å². The van der Waals surface area contributed by atoms with Crippen LogP contribution in [-0.2, 0) is 38.0 Å². The number of allylic oxidation sites excluding steroid dienone is 2. The first kappa shape index (κ1) is 40.5. The van der Waals surface area contributed by atoms with Crippen molar-refractivity contribution in [3.8, 4) is 0 Å². The summed E-state index contributed by atoms with van der Waals surface area (Å²) in [6.07, 6.45) is 16.4. The average molecular weight is 768 g/mol. The number of nitrogens with zero attached hydrogens (tertiary/aromatic N) is 1. The smallest absolute Gasteiger partial charge is 0.316 e. The molecule has 55 heavy (non-hydrogen) atoms. The van der Waals surface area contributed by atoms with Gasteiger partial charge in [0.05, 0.1) is 37.1 Å². The Morgan fingerprint density at radius 3 is 2.53 bits per heavy atom. The molecule has 7 aliphatic rings. The number of hydrogen-bond acceptors (Lipinski definition) is 12. The van der Waals surface area contributed by atoms with Gasteiger partial charge in [0.2, 0.25) is 0 Å². The Bertz CT molecular complexity index is 1600. The monoisotopic (exact) mass is 767 g/mol. The molecule has 0 radical (unpaired) electrons. The van der Waals surface area contributed by atoms with Gasteiger partial charge in [-0.15, -0.1) is 0 Å². The number of fused-ring (bicyclic) bond motifs is 2. The molecule has 5 heterocycles. The maximum absolute atomic E-state index is 14.4. The van der Waals surface area contributed by atoms with Crippen LogP contribution < -0.4 is 0 Å². The summed E-state index contributed by atoms with van der Waals surface area (Å²) in [5, 5.41) is 36.6. The van der Waals surface area contributed by atoms with Crippen LogP contribution in [0.2, 0.25) is 0 Å². The van der Waals surface area contributed by atoms with Crippen LogP contribution in [0.5, 0.6) is 0 Å². The molecular weight excluding hydrogens is 706 g/mol. The van der Waals surface area contributed by atoms with E-state index in [2.05, 4.69) is 31.2 Å². The first-order valence-corrected chi connectivity index (χ1v) is 20.4. The Labute approximate surface area is 325 Å². The lowest BCUT2D eigenvalue weighted by atomic mass is 9.71. The summed E-state index contributed by atoms with van der Waals surface area (Å²) in [6.45, 7) is 9.87. The van der Waals surface area contributed by atoms with E-state index < -0.39 is 66.2 Å². The Morgan fingerprint density at radius 2 is 1.78 bits per heavy atom. The number of oxime groups is 1. The first-order chi connectivity index (χ1) is 26.4. The zero-order valence-electron chi connectivity index (χ0n) is 33.2. The van der Waals surface area contributed by atoms with Gasteiger partial charge < -0.3 is 48.6 Å². The largest absolute Gasteiger partial charge is 0.462 e. The first-order valence-electron chi connectivity index (χ1n) is 20.4. The molecular formula is C43H61NO11. The Balaban J connectivity index is 1.26. The molecule has 4 fully saturated rings. The van der Waals surface area contributed by atoms with E-state index in [0.29, 0.717) is 42.7 Å². The number of methoxy groups -OCH3 is 1. The van der Waals surface area contributed by atoms with Crippen LogP contribution in [0.15, 0.2) is 64.4 Å². The Kier molecular flexibility index (Phi) is 12.3. The molecule has 5 aliphatic heterocycles. The van der Waals surface area contributed by atoms with Gasteiger partial charge in [0.15, 0.2) is 12.1 Å². The lowest BCUT2D eigenvalue weighted by Crippen LogP contribution is -2.57. The number of hydrogen-bond donors (Lipinski definition) is 3. The lowest BCUT2D eigenvalue weighted by Gasteiger charge is -2.49. The van der Waals surface area contributed by atoms with Gasteiger partial charge in [0.25, 0.3) is 0 Å². The number of aliphatic hydroxyl groups is 2. The predicted molar refractivity (Wildman–Crippen MR) is 203 cm³/mol. The Hall–Kier alpha value is -2.68. The molecule has 3 saturated heterocycles. The van der Waals surface area contributed by atoms with Crippen molar-refractivity contribution in [1.82, 2.24) is 0 Å². The number of ether oxygens (including phenoxy) is 7. The zero-order chi connectivity index (χ0) is 39.1. The molecule has 0 aromatic heterocycles. The van der Waals surface area contributed by atoms with Crippen LogP contribution in [-0.4, -0.2) is 107 Å². The maximum atomic E-state index is 14.4. The molecule has 14 atom stereocenters. The molecule has 0 aromatic carbocycles. The minimum Gasteiger partial charge on any atom is -0.462 e. The van der Waals surface area contributed by atoms with Crippen molar-refractivity contribution in [3.05, 3.63) is 59.3 Å². The number of rotatable bonds is 4. The molecule has 7 rings (SSSR count). The summed E-state index contributed by atoms with van der Waals surface area (Å²) >= 11 is 0. The summed E-state index contributed by atoms with van der Waals surface area (Å²) in [7, 11) is 1.58. The van der Waals surface area contributed by atoms with E-state index in [-0.39, 0.29) is 36.4 Å². The topological polar surface area (TPSA) is 155 Å². The summed E-state index contributed by atoms with van der Waals surface area (Å²) in [6, 6.07) is 0. The van der Waals surface area contributed by atoms with E-state index in [0.717, 1.165) is 18.4 Å². The highest BCUT2D eigenvalue weighted by atomic mass is 16.7. The molecule has 2 aliphatic carbocycles. The summed E-state index contributed by atoms with van der Waals surface area (Å²) in [5.41, 5.74) is 0.299. The SMILES string of the molecule is CO[C@H]1C[C@H](O[C@@H]2/C(C)=C/C[C@@H]3C[C@@H](C[C@]4(C=C[C@H](C)[C@@H](C5CCCCC5)O4)O3)OC(=O)[C@@H]3C=C(C)/C(=N\O)[C@H]4OCC(=C/C=C/[C@@H]2C)[C@]43O)O[C@@H](C)[C@@H]1O. The van der Waals surface area contributed by atoms with Crippen molar-refractivity contribution < 1.29 is 53.4 Å². The van der Waals surface area contributed by atoms with Gasteiger partial charge in [-0.3, -0.25) is 4.79 Å². The highest BCUT2D eigenvalue weighted by molar-refractivity contribution is 6.06. The molecule has 0 aromatic rings. The molecule has 304 valence electrons. The van der Waals surface area contributed by atoms with Crippen LogP contribution in [0.1, 0.15) is 92.4 Å². The molecule has 1 saturated carbocycles. The van der Waals surface area contributed by atoms with Gasteiger partial charge in [0.1, 0.15) is 35.5 Å². The van der Waals surface area contributed by atoms with Crippen LogP contribution >= 0.6 is 0 Å². The van der Waals surface area contributed by atoms with Crippen molar-refractivity contribution in [3.63, 3.8) is 0 Å². The summed E-state index contributed by atoms with van der Waals surface area (Å²) < 4.78 is 44.9. The van der Waals surface area contributed by atoms with Gasteiger partial charge >= 0.3 is 5.97 Å². The second kappa shape index (κ2) is 16.7. The summed E-state index contributed by atoms with van der Waals surface area (Å²) in [5.74, 6) is -2.30. The van der Waals surface area contributed by atoms with Crippen LogP contribution in [0.4, 0.5) is 0 Å². The molecule has 1 spiro atoms. The van der Waals surface area contributed by atoms with E-state index >= 15 is 0 Å². The van der Waals surface area contributed by atoms with Crippen LogP contribution in [0.25, 0.3) is 0 Å². The minimum atomic E-state index is -1.85. The summed E-state index contributed by atoms with van der Waals surface area (Å²) in [4.78, 5) is 14.4. The maximum Gasteiger partial charge on any atom is 0.316 e. The van der Waals surface area contributed by atoms with Crippen molar-refractivity contribution in [2.45, 2.75) is 159 Å². The number of aliphatic hydroxyl groups excluding tert-OH is 1. The quantitative estimate of drug-likeness (QED) is 0.137. The van der Waals surface area contributed by atoms with Gasteiger partial charge in [-0.1, -0.05) is 74.7 Å². The van der Waals surface area contributed by atoms with Gasteiger partial charge in [0, 0.05) is 38.2 Å². The standard InChI is InChI=1S/C43H61NO11/c1-24-11-10-14-30-23-50-40-36(44-48)27(4)19-33(43(30,40)47)41(46)52-32-20-31(16-15-25(2)38(24)53-35-21-34(49-6)37(45)28(5)51-35)54-42(22-32)18-17-26(3)39(55-42)29-12-8-7-9-13-29/h10-11,14-15,17-19,24,26,28-29,31-35,37-40,45,47-48H,7-9,12-13,16,20-23H2,1-6H3/b11-10+,25-15+,30-14?,44-36+/t24-,26-,28-,31+,32-,33-,34-,35-,37-,38-,39-,40+,42+,43+/m0/s1. The van der Waals surface area contributed by atoms with E-state index in [4.69, 9.17) is 33.2 Å². The van der Waals surface area contributed by atoms with Crippen LogP contribution in [0.3, 0.4) is 0 Å². The minimum absolute atomic E-state index is 0.0156. The highest BCUT2D eigenvalue weighted by Crippen LogP contribution is 2.47. The predicted octanol–water partition coefficient (Wildman–Crippen LogP) is 5.85. The second-order valence-corrected chi connectivity index (χ2v) is 17.0. The normalized spacial score (nSPS) is 46.7. The third-order valence-corrected chi connectivity index (χ3v) is 13.1. The van der Waals surface area contributed by atoms with Gasteiger partial charge in [-0.2, -0.15) is 0 Å². The van der Waals surface area contributed by atoms with Crippen molar-refractivity contribution in [1.29, 1.82) is 0 Å². The Morgan fingerprint density at radius 1 is 1.00 bits per heavy atom. The van der Waals surface area contributed by atoms with Crippen LogP contribution in [0, 0.1) is 23.7 Å². The van der Waals surface area contributed by atoms with Crippen molar-refractivity contribution in [2.75, 3.05) is 13.7 Å². The third-order valence-electron chi connectivity index (χ3n) is 13.1.